The molecule has 4 nitrogen and oxygen atoms in total. The van der Waals surface area contributed by atoms with Gasteiger partial charge in [-0.15, -0.1) is 0 Å². The highest BCUT2D eigenvalue weighted by molar-refractivity contribution is 5.68. The first-order valence-corrected chi connectivity index (χ1v) is 6.22. The van der Waals surface area contributed by atoms with E-state index in [2.05, 4.69) is 4.98 Å². The minimum absolute atomic E-state index is 0.298. The van der Waals surface area contributed by atoms with Crippen molar-refractivity contribution in [2.45, 2.75) is 46.8 Å². The predicted octanol–water partition coefficient (Wildman–Crippen LogP) is 3.15. The molecule has 0 N–H and O–H groups in total. The van der Waals surface area contributed by atoms with E-state index in [4.69, 9.17) is 4.74 Å². The second kappa shape index (κ2) is 5.85. The maximum absolute atomic E-state index is 12.0. The zero-order chi connectivity index (χ0) is 13.8. The van der Waals surface area contributed by atoms with Crippen LogP contribution >= 0.6 is 0 Å². The number of pyridine rings is 1. The monoisotopic (exact) mass is 250 g/mol. The van der Waals surface area contributed by atoms with Crippen LogP contribution in [0.5, 0.6) is 0 Å². The molecule has 1 heterocycles. The normalized spacial score (nSPS) is 11.2. The summed E-state index contributed by atoms with van der Waals surface area (Å²) in [6.45, 7) is 10.5. The van der Waals surface area contributed by atoms with Crippen LogP contribution in [0.4, 0.5) is 4.79 Å². The van der Waals surface area contributed by atoms with Gasteiger partial charge < -0.3 is 9.64 Å². The van der Waals surface area contributed by atoms with Gasteiger partial charge in [0.2, 0.25) is 0 Å². The average Bonchev–Trinajstić information content (AvgIpc) is 2.23. The van der Waals surface area contributed by atoms with Crippen LogP contribution in [0, 0.1) is 6.92 Å². The summed E-state index contributed by atoms with van der Waals surface area (Å²) < 4.78 is 5.35. The van der Waals surface area contributed by atoms with Gasteiger partial charge in [-0.1, -0.05) is 6.07 Å². The van der Waals surface area contributed by atoms with Gasteiger partial charge in [-0.25, -0.2) is 4.79 Å². The number of carbonyl (C=O) groups excluding carboxylic acids is 1. The third-order valence-corrected chi connectivity index (χ3v) is 2.33. The lowest BCUT2D eigenvalue weighted by Gasteiger charge is -2.26. The molecule has 0 atom stereocenters. The number of nitrogens with zero attached hydrogens (tertiary/aromatic N) is 2. The topological polar surface area (TPSA) is 42.4 Å². The number of amides is 1. The van der Waals surface area contributed by atoms with Gasteiger partial charge in [0.25, 0.3) is 0 Å². The maximum Gasteiger partial charge on any atom is 0.410 e. The van der Waals surface area contributed by atoms with E-state index in [-0.39, 0.29) is 6.09 Å². The Morgan fingerprint density at radius 1 is 1.39 bits per heavy atom. The van der Waals surface area contributed by atoms with Crippen molar-refractivity contribution < 1.29 is 9.53 Å². The fourth-order valence-corrected chi connectivity index (χ4v) is 1.52. The van der Waals surface area contributed by atoms with E-state index in [1.165, 1.54) is 0 Å². The third kappa shape index (κ3) is 4.73. The fourth-order valence-electron chi connectivity index (χ4n) is 1.52. The quantitative estimate of drug-likeness (QED) is 0.827. The van der Waals surface area contributed by atoms with Crippen LogP contribution in [0.3, 0.4) is 0 Å². The number of aryl methyl sites for hydroxylation is 1. The Bertz CT molecular complexity index is 411. The molecule has 1 aromatic rings. The van der Waals surface area contributed by atoms with Gasteiger partial charge in [-0.3, -0.25) is 4.98 Å². The van der Waals surface area contributed by atoms with E-state index >= 15 is 0 Å². The van der Waals surface area contributed by atoms with Crippen molar-refractivity contribution in [2.75, 3.05) is 6.54 Å². The fraction of sp³-hybridized carbons (Fsp3) is 0.571. The predicted molar refractivity (Wildman–Crippen MR) is 71.3 cm³/mol. The van der Waals surface area contributed by atoms with Crippen molar-refractivity contribution in [1.29, 1.82) is 0 Å². The lowest BCUT2D eigenvalue weighted by Crippen LogP contribution is -2.36. The van der Waals surface area contributed by atoms with Gasteiger partial charge in [0.05, 0.1) is 12.2 Å². The van der Waals surface area contributed by atoms with Crippen LogP contribution in [0.1, 0.15) is 39.1 Å². The molecule has 1 aromatic heterocycles. The molecule has 1 rings (SSSR count). The van der Waals surface area contributed by atoms with E-state index in [1.54, 1.807) is 4.90 Å². The lowest BCUT2D eigenvalue weighted by molar-refractivity contribution is 0.0242. The Kier molecular flexibility index (Phi) is 4.70. The summed E-state index contributed by atoms with van der Waals surface area (Å²) >= 11 is 0. The Balaban J connectivity index is 2.70. The number of carbonyl (C=O) groups is 1. The van der Waals surface area contributed by atoms with E-state index in [9.17, 15) is 4.79 Å². The lowest BCUT2D eigenvalue weighted by atomic mass is 10.2. The summed E-state index contributed by atoms with van der Waals surface area (Å²) in [5.41, 5.74) is 1.36. The molecule has 0 fully saturated rings. The molecular weight excluding hydrogens is 228 g/mol. The van der Waals surface area contributed by atoms with Gasteiger partial charge in [0.1, 0.15) is 5.60 Å². The molecule has 1 amide bonds. The Morgan fingerprint density at radius 2 is 2.06 bits per heavy atom. The van der Waals surface area contributed by atoms with Gasteiger partial charge in [0.15, 0.2) is 0 Å². The molecule has 0 aliphatic rings. The number of hydrogen-bond acceptors (Lipinski definition) is 3. The highest BCUT2D eigenvalue weighted by Gasteiger charge is 2.21. The number of hydrogen-bond donors (Lipinski definition) is 0. The van der Waals surface area contributed by atoms with Crippen molar-refractivity contribution in [1.82, 2.24) is 9.88 Å². The molecule has 0 bridgehead atoms. The van der Waals surface area contributed by atoms with Crippen LogP contribution in [-0.4, -0.2) is 28.1 Å². The van der Waals surface area contributed by atoms with Crippen LogP contribution < -0.4 is 0 Å². The second-order valence-electron chi connectivity index (χ2n) is 5.26. The summed E-state index contributed by atoms with van der Waals surface area (Å²) in [6, 6.07) is 5.80. The maximum atomic E-state index is 12.0. The van der Waals surface area contributed by atoms with Gasteiger partial charge in [-0.2, -0.15) is 0 Å². The molecule has 0 unspecified atom stereocenters. The Morgan fingerprint density at radius 3 is 2.56 bits per heavy atom. The first-order chi connectivity index (χ1) is 8.31. The van der Waals surface area contributed by atoms with E-state index < -0.39 is 5.60 Å². The highest BCUT2D eigenvalue weighted by Crippen LogP contribution is 2.12. The van der Waals surface area contributed by atoms with Gasteiger partial charge >= 0.3 is 6.09 Å². The number of ether oxygens (including phenoxy) is 1. The van der Waals surface area contributed by atoms with Crippen LogP contribution in [0.2, 0.25) is 0 Å². The van der Waals surface area contributed by atoms with Crippen molar-refractivity contribution >= 4 is 6.09 Å². The van der Waals surface area contributed by atoms with E-state index in [0.717, 1.165) is 11.4 Å². The van der Waals surface area contributed by atoms with Crippen molar-refractivity contribution in [2.24, 2.45) is 0 Å². The van der Waals surface area contributed by atoms with Gasteiger partial charge in [-0.05, 0) is 46.8 Å². The molecular formula is C14H22N2O2. The zero-order valence-electron chi connectivity index (χ0n) is 11.9. The van der Waals surface area contributed by atoms with Crippen LogP contribution in [-0.2, 0) is 11.3 Å². The van der Waals surface area contributed by atoms with Crippen molar-refractivity contribution in [3.63, 3.8) is 0 Å². The molecule has 4 heteroatoms. The summed E-state index contributed by atoms with van der Waals surface area (Å²) in [7, 11) is 0. The minimum Gasteiger partial charge on any atom is -0.444 e. The van der Waals surface area contributed by atoms with E-state index in [0.29, 0.717) is 13.1 Å². The van der Waals surface area contributed by atoms with Crippen molar-refractivity contribution in [3.05, 3.63) is 29.6 Å². The molecule has 0 aromatic carbocycles. The summed E-state index contributed by atoms with van der Waals surface area (Å²) in [5, 5.41) is 0. The molecule has 0 saturated heterocycles. The minimum atomic E-state index is -0.468. The number of aromatic nitrogens is 1. The average molecular weight is 250 g/mol. The largest absolute Gasteiger partial charge is 0.444 e. The Labute approximate surface area is 109 Å². The molecule has 0 aliphatic carbocycles. The molecule has 0 spiro atoms. The molecule has 100 valence electrons. The SMILES string of the molecule is CCN(Cc1cccc(C)n1)C(=O)OC(C)(C)C. The molecule has 0 radical (unpaired) electrons. The number of rotatable bonds is 3. The standard InChI is InChI=1S/C14H22N2O2/c1-6-16(13(17)18-14(3,4)5)10-12-9-7-8-11(2)15-12/h7-9H,6,10H2,1-5H3. The summed E-state index contributed by atoms with van der Waals surface area (Å²) in [5.74, 6) is 0. The molecule has 18 heavy (non-hydrogen) atoms. The van der Waals surface area contributed by atoms with Crippen LogP contribution in [0.15, 0.2) is 18.2 Å². The Hall–Kier alpha value is -1.58. The molecule has 0 aliphatic heterocycles. The second-order valence-corrected chi connectivity index (χ2v) is 5.26. The van der Waals surface area contributed by atoms with Gasteiger partial charge in [0, 0.05) is 12.2 Å². The van der Waals surface area contributed by atoms with Crippen LogP contribution in [0.25, 0.3) is 0 Å². The smallest absolute Gasteiger partial charge is 0.410 e. The zero-order valence-corrected chi connectivity index (χ0v) is 11.9. The summed E-state index contributed by atoms with van der Waals surface area (Å²) in [6.07, 6.45) is -0.298. The van der Waals surface area contributed by atoms with Crippen molar-refractivity contribution in [3.8, 4) is 0 Å². The highest BCUT2D eigenvalue weighted by atomic mass is 16.6. The first kappa shape index (κ1) is 14.5. The first-order valence-electron chi connectivity index (χ1n) is 6.22. The summed E-state index contributed by atoms with van der Waals surface area (Å²) in [4.78, 5) is 18.0. The van der Waals surface area contributed by atoms with E-state index in [1.807, 2.05) is 52.8 Å². The third-order valence-electron chi connectivity index (χ3n) is 2.33. The molecule has 0 saturated carbocycles.